The number of carbonyl (C=O) groups is 1. The molecule has 0 unspecified atom stereocenters. The quantitative estimate of drug-likeness (QED) is 0.631. The minimum absolute atomic E-state index is 0.350. The monoisotopic (exact) mass is 284 g/mol. The Balaban J connectivity index is 2.25. The lowest BCUT2D eigenvalue weighted by Crippen LogP contribution is -2.00. The highest BCUT2D eigenvalue weighted by Crippen LogP contribution is 2.21. The van der Waals surface area contributed by atoms with Crippen LogP contribution in [0, 0.1) is 6.92 Å². The first-order chi connectivity index (χ1) is 10.0. The van der Waals surface area contributed by atoms with Crippen molar-refractivity contribution in [3.63, 3.8) is 0 Å². The van der Waals surface area contributed by atoms with Gasteiger partial charge in [-0.1, -0.05) is 6.07 Å². The van der Waals surface area contributed by atoms with Gasteiger partial charge in [0.15, 0.2) is 0 Å². The number of aryl methyl sites for hydroxylation is 1. The number of esters is 1. The summed E-state index contributed by atoms with van der Waals surface area (Å²) in [5.74, 6) is -0.350. The number of methoxy groups -OCH3 is 1. The highest BCUT2D eigenvalue weighted by atomic mass is 16.5. The predicted molar refractivity (Wildman–Crippen MR) is 84.6 cm³/mol. The van der Waals surface area contributed by atoms with E-state index in [0.717, 1.165) is 16.8 Å². The summed E-state index contributed by atoms with van der Waals surface area (Å²) in [5, 5.41) is 0. The number of benzene rings is 1. The van der Waals surface area contributed by atoms with Crippen molar-refractivity contribution in [2.75, 3.05) is 7.11 Å². The minimum atomic E-state index is -0.350. The van der Waals surface area contributed by atoms with Crippen molar-refractivity contribution in [1.29, 1.82) is 0 Å². The normalized spacial score (nSPS) is 11.3. The van der Waals surface area contributed by atoms with Crippen LogP contribution >= 0.6 is 0 Å². The summed E-state index contributed by atoms with van der Waals surface area (Å²) in [6.07, 6.45) is 5.89. The molecule has 0 aliphatic heterocycles. The fourth-order valence-electron chi connectivity index (χ4n) is 1.97. The number of rotatable bonds is 4. The average Bonchev–Trinajstić information content (AvgIpc) is 2.94. The Morgan fingerprint density at radius 1 is 1.33 bits per heavy atom. The molecule has 0 atom stereocenters. The maximum absolute atomic E-state index is 11.6. The number of hydrogen-bond acceptors (Lipinski definition) is 3. The lowest BCUT2D eigenvalue weighted by Gasteiger charge is -2.05. The lowest BCUT2D eigenvalue weighted by molar-refractivity contribution is 0.0601. The summed E-state index contributed by atoms with van der Waals surface area (Å²) >= 11 is 0. The van der Waals surface area contributed by atoms with Crippen LogP contribution in [0.15, 0.2) is 41.7 Å². The van der Waals surface area contributed by atoms with Gasteiger partial charge in [0.05, 0.1) is 18.4 Å². The standard InChI is InChI=1S/C17H20N2O2/c1-12(2)19-8-7-14(11-19)10-18-16-9-15(17(20)21-4)6-5-13(16)3/h5-12H,1-4H3. The van der Waals surface area contributed by atoms with Gasteiger partial charge in [0.2, 0.25) is 0 Å². The molecule has 4 heteroatoms. The Morgan fingerprint density at radius 3 is 2.71 bits per heavy atom. The fraction of sp³-hybridized carbons (Fsp3) is 0.294. The maximum Gasteiger partial charge on any atom is 0.337 e. The summed E-state index contributed by atoms with van der Waals surface area (Å²) in [6.45, 7) is 6.23. The van der Waals surface area contributed by atoms with Gasteiger partial charge >= 0.3 is 5.97 Å². The Morgan fingerprint density at radius 2 is 2.10 bits per heavy atom. The van der Waals surface area contributed by atoms with Crippen LogP contribution in [0.4, 0.5) is 5.69 Å². The molecule has 2 rings (SSSR count). The number of aliphatic imine (C=N–C) groups is 1. The van der Waals surface area contributed by atoms with E-state index in [-0.39, 0.29) is 5.97 Å². The third-order valence-corrected chi connectivity index (χ3v) is 3.32. The minimum Gasteiger partial charge on any atom is -0.465 e. The molecule has 0 saturated carbocycles. The molecule has 0 bridgehead atoms. The van der Waals surface area contributed by atoms with E-state index in [9.17, 15) is 4.79 Å². The number of aromatic nitrogens is 1. The zero-order valence-electron chi connectivity index (χ0n) is 12.8. The maximum atomic E-state index is 11.6. The van der Waals surface area contributed by atoms with Crippen LogP contribution in [0.5, 0.6) is 0 Å². The number of hydrogen-bond donors (Lipinski definition) is 0. The lowest BCUT2D eigenvalue weighted by atomic mass is 10.1. The van der Waals surface area contributed by atoms with E-state index in [2.05, 4.69) is 23.4 Å². The second-order valence-corrected chi connectivity index (χ2v) is 5.24. The molecule has 0 spiro atoms. The van der Waals surface area contributed by atoms with Crippen molar-refractivity contribution in [1.82, 2.24) is 4.57 Å². The van der Waals surface area contributed by atoms with Gasteiger partial charge in [0, 0.05) is 30.2 Å². The largest absolute Gasteiger partial charge is 0.465 e. The molecule has 1 heterocycles. The van der Waals surface area contributed by atoms with E-state index in [1.54, 1.807) is 12.1 Å². The highest BCUT2D eigenvalue weighted by Gasteiger charge is 2.07. The molecule has 1 aromatic heterocycles. The van der Waals surface area contributed by atoms with E-state index < -0.39 is 0 Å². The van der Waals surface area contributed by atoms with E-state index in [1.165, 1.54) is 7.11 Å². The Kier molecular flexibility index (Phi) is 4.58. The summed E-state index contributed by atoms with van der Waals surface area (Å²) in [6, 6.07) is 7.81. The van der Waals surface area contributed by atoms with Gasteiger partial charge in [0.25, 0.3) is 0 Å². The zero-order valence-corrected chi connectivity index (χ0v) is 12.8. The molecule has 0 amide bonds. The molecular formula is C17H20N2O2. The van der Waals surface area contributed by atoms with Crippen molar-refractivity contribution < 1.29 is 9.53 Å². The van der Waals surface area contributed by atoms with Crippen LogP contribution in [0.1, 0.15) is 41.4 Å². The summed E-state index contributed by atoms with van der Waals surface area (Å²) < 4.78 is 6.85. The fourth-order valence-corrected chi connectivity index (χ4v) is 1.97. The third-order valence-electron chi connectivity index (χ3n) is 3.32. The average molecular weight is 284 g/mol. The molecule has 2 aromatic rings. The van der Waals surface area contributed by atoms with Crippen molar-refractivity contribution in [2.24, 2.45) is 4.99 Å². The molecular weight excluding hydrogens is 264 g/mol. The molecule has 0 aliphatic carbocycles. The van der Waals surface area contributed by atoms with Crippen LogP contribution in [0.3, 0.4) is 0 Å². The zero-order chi connectivity index (χ0) is 15.4. The first kappa shape index (κ1) is 15.0. The molecule has 0 saturated heterocycles. The Labute approximate surface area is 125 Å². The van der Waals surface area contributed by atoms with Crippen molar-refractivity contribution >= 4 is 17.9 Å². The van der Waals surface area contributed by atoms with Crippen molar-refractivity contribution in [3.05, 3.63) is 53.3 Å². The molecule has 0 N–H and O–H groups in total. The van der Waals surface area contributed by atoms with Crippen molar-refractivity contribution in [2.45, 2.75) is 26.8 Å². The van der Waals surface area contributed by atoms with Crippen LogP contribution in [0.25, 0.3) is 0 Å². The number of nitrogens with zero attached hydrogens (tertiary/aromatic N) is 2. The Hall–Kier alpha value is -2.36. The van der Waals surface area contributed by atoms with Crippen LogP contribution in [-0.2, 0) is 4.74 Å². The molecule has 1 aromatic carbocycles. The number of ether oxygens (including phenoxy) is 1. The first-order valence-electron chi connectivity index (χ1n) is 6.91. The van der Waals surface area contributed by atoms with Crippen LogP contribution in [0.2, 0.25) is 0 Å². The van der Waals surface area contributed by atoms with Gasteiger partial charge in [-0.2, -0.15) is 0 Å². The second-order valence-electron chi connectivity index (χ2n) is 5.24. The van der Waals surface area contributed by atoms with Crippen LogP contribution in [-0.4, -0.2) is 23.9 Å². The van der Waals surface area contributed by atoms with E-state index in [1.807, 2.05) is 37.7 Å². The molecule has 0 radical (unpaired) electrons. The second kappa shape index (κ2) is 6.39. The SMILES string of the molecule is COC(=O)c1ccc(C)c(N=Cc2ccn(C(C)C)c2)c1. The first-order valence-corrected chi connectivity index (χ1v) is 6.91. The summed E-state index contributed by atoms with van der Waals surface area (Å²) in [7, 11) is 1.37. The van der Waals surface area contributed by atoms with Gasteiger partial charge < -0.3 is 9.30 Å². The topological polar surface area (TPSA) is 43.6 Å². The van der Waals surface area contributed by atoms with Crippen LogP contribution < -0.4 is 0 Å². The van der Waals surface area contributed by atoms with E-state index in [4.69, 9.17) is 4.74 Å². The van der Waals surface area contributed by atoms with Gasteiger partial charge in [0.1, 0.15) is 0 Å². The smallest absolute Gasteiger partial charge is 0.337 e. The molecule has 21 heavy (non-hydrogen) atoms. The molecule has 0 aliphatic rings. The van der Waals surface area contributed by atoms with E-state index in [0.29, 0.717) is 11.6 Å². The van der Waals surface area contributed by atoms with Gasteiger partial charge in [-0.05, 0) is 44.5 Å². The van der Waals surface area contributed by atoms with Gasteiger partial charge in [-0.3, -0.25) is 4.99 Å². The van der Waals surface area contributed by atoms with E-state index >= 15 is 0 Å². The third kappa shape index (κ3) is 3.60. The molecule has 0 fully saturated rings. The molecule has 110 valence electrons. The molecule has 4 nitrogen and oxygen atoms in total. The Bertz CT molecular complexity index is 669. The van der Waals surface area contributed by atoms with Gasteiger partial charge in [-0.15, -0.1) is 0 Å². The summed E-state index contributed by atoms with van der Waals surface area (Å²) in [5.41, 5.74) is 3.33. The highest BCUT2D eigenvalue weighted by molar-refractivity contribution is 5.91. The predicted octanol–water partition coefficient (Wildman–Crippen LogP) is 3.91. The number of carbonyl (C=O) groups excluding carboxylic acids is 1. The van der Waals surface area contributed by atoms with Crippen molar-refractivity contribution in [3.8, 4) is 0 Å². The van der Waals surface area contributed by atoms with Gasteiger partial charge in [-0.25, -0.2) is 4.79 Å². The summed E-state index contributed by atoms with van der Waals surface area (Å²) in [4.78, 5) is 16.0.